The molecule has 0 N–H and O–H groups in total. The third-order valence-electron chi connectivity index (χ3n) is 4.42. The fourth-order valence-corrected chi connectivity index (χ4v) is 6.51. The zero-order valence-electron chi connectivity index (χ0n) is 14.2. The van der Waals surface area contributed by atoms with Crippen molar-refractivity contribution in [3.63, 3.8) is 0 Å². The summed E-state index contributed by atoms with van der Waals surface area (Å²) >= 11 is 5.05. The van der Waals surface area contributed by atoms with Crippen LogP contribution in [0.2, 0.25) is 0 Å². The average Bonchev–Trinajstić information content (AvgIpc) is 3.11. The third-order valence-corrected chi connectivity index (χ3v) is 8.12. The van der Waals surface area contributed by atoms with E-state index >= 15 is 0 Å². The summed E-state index contributed by atoms with van der Waals surface area (Å²) < 4.78 is 29.8. The van der Waals surface area contributed by atoms with Crippen LogP contribution in [-0.4, -0.2) is 24.1 Å². The molecule has 5 nitrogen and oxygen atoms in total. The topological polar surface area (TPSA) is 60.0 Å². The van der Waals surface area contributed by atoms with Crippen LogP contribution in [0.1, 0.15) is 6.04 Å². The van der Waals surface area contributed by atoms with Crippen LogP contribution >= 0.6 is 27.7 Å². The second kappa shape index (κ2) is 7.26. The number of halogens is 1. The smallest absolute Gasteiger partial charge is 0.239 e. The number of thioether (sulfide) groups is 1. The molecule has 1 aliphatic rings. The Kier molecular flexibility index (Phi) is 4.96. The lowest BCUT2D eigenvalue weighted by molar-refractivity contribution is -0.750. The Morgan fingerprint density at radius 1 is 1.07 bits per heavy atom. The highest BCUT2D eigenvalue weighted by Gasteiger charge is 2.38. The van der Waals surface area contributed by atoms with Gasteiger partial charge in [-0.2, -0.15) is 4.57 Å². The predicted molar refractivity (Wildman–Crippen MR) is 108 cm³/mol. The number of nitrogens with zero attached hydrogens (tertiary/aromatic N) is 2. The van der Waals surface area contributed by atoms with Crippen LogP contribution in [0, 0.1) is 0 Å². The van der Waals surface area contributed by atoms with Crippen molar-refractivity contribution < 1.29 is 13.0 Å². The van der Waals surface area contributed by atoms with E-state index in [-0.39, 0.29) is 15.8 Å². The molecule has 0 unspecified atom stereocenters. The lowest BCUT2D eigenvalue weighted by Gasteiger charge is -2.10. The third kappa shape index (κ3) is 3.15. The predicted octanol–water partition coefficient (Wildman–Crippen LogP) is 3.00. The first-order chi connectivity index (χ1) is 13.0. The summed E-state index contributed by atoms with van der Waals surface area (Å²) in [5.74, 6) is 0.770. The van der Waals surface area contributed by atoms with Gasteiger partial charge < -0.3 is 0 Å². The van der Waals surface area contributed by atoms with Crippen LogP contribution in [-0.2, 0) is 9.84 Å². The van der Waals surface area contributed by atoms with E-state index in [0.717, 1.165) is 10.9 Å². The molecular formula is C19H16BrN2O3S2+. The van der Waals surface area contributed by atoms with Gasteiger partial charge >= 0.3 is 10.7 Å². The maximum atomic E-state index is 13.3. The van der Waals surface area contributed by atoms with Gasteiger partial charge in [-0.05, 0) is 36.0 Å². The number of alkyl halides is 1. The highest BCUT2D eigenvalue weighted by atomic mass is 79.9. The van der Waals surface area contributed by atoms with Crippen LogP contribution in [0.15, 0.2) is 86.6 Å². The molecule has 0 bridgehead atoms. The summed E-state index contributed by atoms with van der Waals surface area (Å²) in [5.41, 5.74) is 0.123. The molecule has 8 heteroatoms. The first-order valence-electron chi connectivity index (χ1n) is 8.29. The van der Waals surface area contributed by atoms with E-state index in [4.69, 9.17) is 0 Å². The SMILES string of the molecule is O=c1c(S(=O)(=O)c2ccccc2)c[n+]2c(n1-c1ccccc1)SC[C@H]2CBr. The summed E-state index contributed by atoms with van der Waals surface area (Å²) in [6.07, 6.45) is 1.49. The van der Waals surface area contributed by atoms with E-state index in [1.807, 2.05) is 34.9 Å². The quantitative estimate of drug-likeness (QED) is 0.339. The number of hydrogen-bond donors (Lipinski definition) is 0. The molecule has 0 fully saturated rings. The van der Waals surface area contributed by atoms with Gasteiger partial charge in [-0.25, -0.2) is 17.8 Å². The standard InChI is InChI=1S/C19H16BrN2O3S2/c20-11-15-13-26-19-21(15)12-17(27(24,25)16-9-5-2-6-10-16)18(23)22(19)14-7-3-1-4-8-14/h1-10,12,15H,11,13H2/q+1/t15-/m1/s1. The Morgan fingerprint density at radius 2 is 1.70 bits per heavy atom. The maximum absolute atomic E-state index is 13.3. The number of aromatic nitrogens is 2. The molecule has 1 atom stereocenters. The Hall–Kier alpha value is -1.90. The molecule has 27 heavy (non-hydrogen) atoms. The van der Waals surface area contributed by atoms with Crippen molar-refractivity contribution in [3.05, 3.63) is 77.2 Å². The zero-order chi connectivity index (χ0) is 19.0. The van der Waals surface area contributed by atoms with E-state index < -0.39 is 15.4 Å². The number of fused-ring (bicyclic) bond motifs is 1. The lowest BCUT2D eigenvalue weighted by atomic mass is 10.3. The normalized spacial score (nSPS) is 16.3. The summed E-state index contributed by atoms with van der Waals surface area (Å²) in [5, 5.41) is 1.41. The minimum absolute atomic E-state index is 0.0743. The van der Waals surface area contributed by atoms with Crippen molar-refractivity contribution in [2.75, 3.05) is 11.1 Å². The second-order valence-electron chi connectivity index (χ2n) is 6.09. The number of sulfone groups is 1. The molecule has 2 aromatic carbocycles. The Labute approximate surface area is 169 Å². The van der Waals surface area contributed by atoms with Gasteiger partial charge in [-0.3, -0.25) is 0 Å². The van der Waals surface area contributed by atoms with Gasteiger partial charge in [0.25, 0.3) is 0 Å². The molecule has 0 spiro atoms. The van der Waals surface area contributed by atoms with Crippen molar-refractivity contribution in [3.8, 4) is 5.69 Å². The molecule has 0 saturated heterocycles. The van der Waals surface area contributed by atoms with Gasteiger partial charge in [-0.15, -0.1) is 0 Å². The average molecular weight is 464 g/mol. The van der Waals surface area contributed by atoms with Crippen molar-refractivity contribution in [1.82, 2.24) is 4.57 Å². The molecule has 0 amide bonds. The first-order valence-corrected chi connectivity index (χ1v) is 11.9. The molecular weight excluding hydrogens is 448 g/mol. The summed E-state index contributed by atoms with van der Waals surface area (Å²) in [6, 6.07) is 17.3. The molecule has 0 radical (unpaired) electrons. The number of para-hydroxylation sites is 1. The highest BCUT2D eigenvalue weighted by molar-refractivity contribution is 9.09. The van der Waals surface area contributed by atoms with Crippen molar-refractivity contribution in [1.29, 1.82) is 0 Å². The monoisotopic (exact) mass is 463 g/mol. The minimum atomic E-state index is -3.93. The van der Waals surface area contributed by atoms with Crippen molar-refractivity contribution in [2.24, 2.45) is 0 Å². The van der Waals surface area contributed by atoms with E-state index in [2.05, 4.69) is 15.9 Å². The van der Waals surface area contributed by atoms with Crippen LogP contribution in [0.25, 0.3) is 5.69 Å². The zero-order valence-corrected chi connectivity index (χ0v) is 17.4. The summed E-state index contributed by atoms with van der Waals surface area (Å²) in [4.78, 5) is 13.2. The maximum Gasteiger partial charge on any atom is 0.362 e. The van der Waals surface area contributed by atoms with Gasteiger partial charge in [-0.1, -0.05) is 52.3 Å². The highest BCUT2D eigenvalue weighted by Crippen LogP contribution is 2.29. The molecule has 138 valence electrons. The van der Waals surface area contributed by atoms with Crippen molar-refractivity contribution >= 4 is 37.5 Å². The largest absolute Gasteiger partial charge is 0.362 e. The summed E-state index contributed by atoms with van der Waals surface area (Å²) in [6.45, 7) is 0. The molecule has 1 aliphatic heterocycles. The lowest BCUT2D eigenvalue weighted by Crippen LogP contribution is -2.46. The first kappa shape index (κ1) is 18.5. The molecule has 0 aliphatic carbocycles. The molecule has 4 rings (SSSR count). The Balaban J connectivity index is 2.04. The molecule has 0 saturated carbocycles. The van der Waals surface area contributed by atoms with Gasteiger partial charge in [0.05, 0.1) is 4.90 Å². The van der Waals surface area contributed by atoms with Crippen LogP contribution in [0.5, 0.6) is 0 Å². The number of rotatable bonds is 4. The Bertz CT molecular complexity index is 1150. The molecule has 3 aromatic rings. The Morgan fingerprint density at radius 3 is 2.33 bits per heavy atom. The number of hydrogen-bond acceptors (Lipinski definition) is 4. The van der Waals surface area contributed by atoms with E-state index in [9.17, 15) is 13.2 Å². The van der Waals surface area contributed by atoms with E-state index in [0.29, 0.717) is 11.0 Å². The van der Waals surface area contributed by atoms with Gasteiger partial charge in [0.2, 0.25) is 14.7 Å². The van der Waals surface area contributed by atoms with Gasteiger partial charge in [0.15, 0.2) is 0 Å². The molecule has 1 aromatic heterocycles. The minimum Gasteiger partial charge on any atom is -0.239 e. The molecule has 2 heterocycles. The summed E-state index contributed by atoms with van der Waals surface area (Å²) in [7, 11) is -3.93. The van der Waals surface area contributed by atoms with Gasteiger partial charge in [0, 0.05) is 11.1 Å². The van der Waals surface area contributed by atoms with Crippen LogP contribution in [0.4, 0.5) is 0 Å². The van der Waals surface area contributed by atoms with E-state index in [1.165, 1.54) is 22.9 Å². The number of benzene rings is 2. The fourth-order valence-electron chi connectivity index (χ4n) is 3.04. The van der Waals surface area contributed by atoms with Gasteiger partial charge in [0.1, 0.15) is 17.9 Å². The van der Waals surface area contributed by atoms with Crippen molar-refractivity contribution in [2.45, 2.75) is 21.0 Å². The van der Waals surface area contributed by atoms with E-state index in [1.54, 1.807) is 30.0 Å². The second-order valence-corrected chi connectivity index (χ2v) is 9.65. The van der Waals surface area contributed by atoms with Crippen LogP contribution in [0.3, 0.4) is 0 Å². The fraction of sp³-hybridized carbons (Fsp3) is 0.158. The van der Waals surface area contributed by atoms with Crippen LogP contribution < -0.4 is 10.1 Å².